The van der Waals surface area contributed by atoms with Gasteiger partial charge >= 0.3 is 0 Å². The van der Waals surface area contributed by atoms with Crippen LogP contribution in [0.2, 0.25) is 0 Å². The van der Waals surface area contributed by atoms with Crippen molar-refractivity contribution in [1.29, 1.82) is 0 Å². The van der Waals surface area contributed by atoms with E-state index in [1.165, 1.54) is 24.2 Å². The lowest BCUT2D eigenvalue weighted by molar-refractivity contribution is -0.130. The Kier molecular flexibility index (Phi) is 4.41. The lowest BCUT2D eigenvalue weighted by atomic mass is 9.53. The van der Waals surface area contributed by atoms with Crippen molar-refractivity contribution < 1.29 is 14.3 Å². The number of rotatable bonds is 5. The molecule has 0 aliphatic heterocycles. The molecule has 5 rings (SSSR count). The highest BCUT2D eigenvalue weighted by Crippen LogP contribution is 2.55. The molecule has 4 aliphatic carbocycles. The summed E-state index contributed by atoms with van der Waals surface area (Å²) in [6.45, 7) is -0.0609. The van der Waals surface area contributed by atoms with Crippen molar-refractivity contribution >= 4 is 11.8 Å². The summed E-state index contributed by atoms with van der Waals surface area (Å²) in [5.74, 6) is 2.63. The van der Waals surface area contributed by atoms with Crippen LogP contribution in [0.15, 0.2) is 24.3 Å². The SMILES string of the molecule is CN(C)C(=O)COc1ccccc1C(=O)NC12CC3CC(CC(C3)C1)C2. The predicted octanol–water partition coefficient (Wildman–Crippen LogP) is 2.85. The smallest absolute Gasteiger partial charge is 0.259 e. The van der Waals surface area contributed by atoms with E-state index in [4.69, 9.17) is 4.74 Å². The second kappa shape index (κ2) is 6.60. The summed E-state index contributed by atoms with van der Waals surface area (Å²) in [6.07, 6.45) is 7.40. The lowest BCUT2D eigenvalue weighted by Gasteiger charge is -2.56. The zero-order chi connectivity index (χ0) is 18.3. The monoisotopic (exact) mass is 356 g/mol. The van der Waals surface area contributed by atoms with Crippen molar-refractivity contribution in [3.63, 3.8) is 0 Å². The maximum absolute atomic E-state index is 13.0. The van der Waals surface area contributed by atoms with Crippen LogP contribution >= 0.6 is 0 Å². The summed E-state index contributed by atoms with van der Waals surface area (Å²) in [6, 6.07) is 7.22. The van der Waals surface area contributed by atoms with Crippen LogP contribution in [0.4, 0.5) is 0 Å². The highest BCUT2D eigenvalue weighted by molar-refractivity contribution is 5.97. The molecule has 0 spiro atoms. The van der Waals surface area contributed by atoms with Gasteiger partial charge in [-0.15, -0.1) is 0 Å². The first-order valence-electron chi connectivity index (χ1n) is 9.68. The van der Waals surface area contributed by atoms with Crippen LogP contribution in [0.1, 0.15) is 48.9 Å². The molecule has 4 fully saturated rings. The van der Waals surface area contributed by atoms with Crippen molar-refractivity contribution in [3.05, 3.63) is 29.8 Å². The van der Waals surface area contributed by atoms with E-state index in [0.717, 1.165) is 37.0 Å². The molecule has 1 N–H and O–H groups in total. The first kappa shape index (κ1) is 17.4. The maximum atomic E-state index is 13.0. The zero-order valence-electron chi connectivity index (χ0n) is 15.7. The highest BCUT2D eigenvalue weighted by Gasteiger charge is 2.51. The third-order valence-corrected chi connectivity index (χ3v) is 6.40. The molecule has 1 aromatic carbocycles. The number of para-hydroxylation sites is 1. The zero-order valence-corrected chi connectivity index (χ0v) is 15.7. The fourth-order valence-electron chi connectivity index (χ4n) is 5.62. The number of amides is 2. The number of carbonyl (C=O) groups is 2. The van der Waals surface area contributed by atoms with Gasteiger partial charge in [-0.1, -0.05) is 12.1 Å². The van der Waals surface area contributed by atoms with E-state index in [2.05, 4.69) is 5.32 Å². The van der Waals surface area contributed by atoms with E-state index in [-0.39, 0.29) is 24.0 Å². The van der Waals surface area contributed by atoms with Gasteiger partial charge in [-0.2, -0.15) is 0 Å². The molecule has 5 nitrogen and oxygen atoms in total. The van der Waals surface area contributed by atoms with Gasteiger partial charge in [0.15, 0.2) is 6.61 Å². The second-order valence-electron chi connectivity index (χ2n) is 8.73. The summed E-state index contributed by atoms with van der Waals surface area (Å²) in [5, 5.41) is 3.38. The first-order valence-corrected chi connectivity index (χ1v) is 9.68. The summed E-state index contributed by atoms with van der Waals surface area (Å²) in [5.41, 5.74) is 0.494. The molecule has 4 saturated carbocycles. The van der Waals surface area contributed by atoms with E-state index in [1.807, 2.05) is 12.1 Å². The van der Waals surface area contributed by atoms with Gasteiger partial charge in [-0.25, -0.2) is 0 Å². The van der Waals surface area contributed by atoms with Gasteiger partial charge in [0, 0.05) is 19.6 Å². The molecule has 140 valence electrons. The van der Waals surface area contributed by atoms with Crippen molar-refractivity contribution in [2.24, 2.45) is 17.8 Å². The number of carbonyl (C=O) groups excluding carboxylic acids is 2. The number of hydrogen-bond acceptors (Lipinski definition) is 3. The Morgan fingerprint density at radius 2 is 1.65 bits per heavy atom. The van der Waals surface area contributed by atoms with Crippen molar-refractivity contribution in [2.75, 3.05) is 20.7 Å². The summed E-state index contributed by atoms with van der Waals surface area (Å²) < 4.78 is 5.65. The van der Waals surface area contributed by atoms with Gasteiger partial charge < -0.3 is 15.0 Å². The summed E-state index contributed by atoms with van der Waals surface area (Å²) in [7, 11) is 3.38. The van der Waals surface area contributed by atoms with Gasteiger partial charge in [0.25, 0.3) is 11.8 Å². The van der Waals surface area contributed by atoms with Gasteiger partial charge in [-0.05, 0) is 68.4 Å². The standard InChI is InChI=1S/C21H28N2O3/c1-23(2)19(24)13-26-18-6-4-3-5-17(18)20(25)22-21-10-14-7-15(11-21)9-16(8-14)12-21/h3-6,14-16H,7-13H2,1-2H3,(H,22,25). The third kappa shape index (κ3) is 3.31. The number of ether oxygens (including phenoxy) is 1. The Labute approximate surface area is 155 Å². The average molecular weight is 356 g/mol. The second-order valence-corrected chi connectivity index (χ2v) is 8.73. The normalized spacial score (nSPS) is 31.5. The molecule has 26 heavy (non-hydrogen) atoms. The van der Waals surface area contributed by atoms with Crippen LogP contribution in [-0.4, -0.2) is 43.0 Å². The number of hydrogen-bond donors (Lipinski definition) is 1. The van der Waals surface area contributed by atoms with Gasteiger partial charge in [0.2, 0.25) is 0 Å². The molecule has 0 radical (unpaired) electrons. The van der Waals surface area contributed by atoms with Crippen LogP contribution in [0.3, 0.4) is 0 Å². The Balaban J connectivity index is 1.48. The minimum Gasteiger partial charge on any atom is -0.483 e. The van der Waals surface area contributed by atoms with E-state index in [1.54, 1.807) is 26.2 Å². The van der Waals surface area contributed by atoms with Gasteiger partial charge in [0.05, 0.1) is 5.56 Å². The molecule has 2 amide bonds. The summed E-state index contributed by atoms with van der Waals surface area (Å²) >= 11 is 0. The van der Waals surface area contributed by atoms with Gasteiger partial charge in [0.1, 0.15) is 5.75 Å². The van der Waals surface area contributed by atoms with E-state index in [9.17, 15) is 9.59 Å². The minimum absolute atomic E-state index is 0.0294. The van der Waals surface area contributed by atoms with E-state index >= 15 is 0 Å². The van der Waals surface area contributed by atoms with Crippen LogP contribution in [-0.2, 0) is 4.79 Å². The largest absolute Gasteiger partial charge is 0.483 e. The summed E-state index contributed by atoms with van der Waals surface area (Å²) in [4.78, 5) is 26.3. The van der Waals surface area contributed by atoms with Crippen molar-refractivity contribution in [1.82, 2.24) is 10.2 Å². The van der Waals surface area contributed by atoms with Gasteiger partial charge in [-0.3, -0.25) is 9.59 Å². The molecular weight excluding hydrogens is 328 g/mol. The van der Waals surface area contributed by atoms with Crippen LogP contribution in [0, 0.1) is 17.8 Å². The van der Waals surface area contributed by atoms with Crippen LogP contribution < -0.4 is 10.1 Å². The molecule has 4 aliphatic rings. The fourth-order valence-corrected chi connectivity index (χ4v) is 5.62. The molecule has 0 heterocycles. The lowest BCUT2D eigenvalue weighted by Crippen LogP contribution is -2.59. The topological polar surface area (TPSA) is 58.6 Å². The Hall–Kier alpha value is -2.04. The molecular formula is C21H28N2O3. The van der Waals surface area contributed by atoms with E-state index < -0.39 is 0 Å². The number of likely N-dealkylation sites (N-methyl/N-ethyl adjacent to an activating group) is 1. The number of benzene rings is 1. The quantitative estimate of drug-likeness (QED) is 0.883. The molecule has 1 aromatic rings. The Morgan fingerprint density at radius 1 is 1.08 bits per heavy atom. The van der Waals surface area contributed by atoms with Crippen molar-refractivity contribution in [2.45, 2.75) is 44.1 Å². The van der Waals surface area contributed by atoms with Crippen LogP contribution in [0.25, 0.3) is 0 Å². The molecule has 0 atom stereocenters. The van der Waals surface area contributed by atoms with Crippen molar-refractivity contribution in [3.8, 4) is 5.75 Å². The molecule has 5 heteroatoms. The molecule has 4 bridgehead atoms. The maximum Gasteiger partial charge on any atom is 0.259 e. The minimum atomic E-state index is -0.124. The molecule has 0 aromatic heterocycles. The number of nitrogens with one attached hydrogen (secondary N) is 1. The first-order chi connectivity index (χ1) is 12.4. The number of nitrogens with zero attached hydrogens (tertiary/aromatic N) is 1. The average Bonchev–Trinajstić information content (AvgIpc) is 2.58. The van der Waals surface area contributed by atoms with Crippen LogP contribution in [0.5, 0.6) is 5.75 Å². The molecule has 0 unspecified atom stereocenters. The fraction of sp³-hybridized carbons (Fsp3) is 0.619. The highest BCUT2D eigenvalue weighted by atomic mass is 16.5. The predicted molar refractivity (Wildman–Crippen MR) is 99.0 cm³/mol. The van der Waals surface area contributed by atoms with E-state index in [0.29, 0.717) is 11.3 Å². The molecule has 0 saturated heterocycles. The Morgan fingerprint density at radius 3 is 2.23 bits per heavy atom. The third-order valence-electron chi connectivity index (χ3n) is 6.40. The Bertz CT molecular complexity index is 678.